The molecule has 3 aromatic rings. The summed E-state index contributed by atoms with van der Waals surface area (Å²) in [6, 6.07) is 10.2. The van der Waals surface area contributed by atoms with Crippen LogP contribution in [0.25, 0.3) is 10.9 Å². The number of nitrogens with zero attached hydrogens (tertiary/aromatic N) is 2. The molecule has 50 heavy (non-hydrogen) atoms. The van der Waals surface area contributed by atoms with Crippen molar-refractivity contribution in [1.29, 1.82) is 0 Å². The molecule has 3 heterocycles. The Balaban J connectivity index is 1.44. The van der Waals surface area contributed by atoms with Crippen molar-refractivity contribution in [3.63, 3.8) is 0 Å². The first kappa shape index (κ1) is 36.1. The molecule has 0 bridgehead atoms. The number of para-hydroxylation sites is 1. The van der Waals surface area contributed by atoms with Gasteiger partial charge in [-0.15, -0.1) is 0 Å². The lowest BCUT2D eigenvalue weighted by Crippen LogP contribution is -2.59. The van der Waals surface area contributed by atoms with Crippen LogP contribution < -0.4 is 26.6 Å². The third kappa shape index (κ3) is 8.13. The van der Waals surface area contributed by atoms with E-state index in [2.05, 4.69) is 26.6 Å². The number of carbonyl (C=O) groups excluding carboxylic acids is 6. The molecule has 266 valence electrons. The molecule has 14 heteroatoms. The average molecular weight is 688 g/mol. The molecule has 6 atom stereocenters. The van der Waals surface area contributed by atoms with Crippen LogP contribution in [0, 0.1) is 5.92 Å². The zero-order chi connectivity index (χ0) is 36.1. The van der Waals surface area contributed by atoms with Crippen molar-refractivity contribution in [3.05, 3.63) is 71.9 Å². The number of nitrogens with one attached hydrogen (secondary N) is 5. The van der Waals surface area contributed by atoms with E-state index in [1.165, 1.54) is 11.8 Å². The number of benzene rings is 2. The number of rotatable bonds is 6. The maximum Gasteiger partial charge on any atom is 0.253 e. The van der Waals surface area contributed by atoms with E-state index in [0.29, 0.717) is 11.1 Å². The Morgan fingerprint density at radius 3 is 2.30 bits per heavy atom. The predicted octanol–water partition coefficient (Wildman–Crippen LogP) is 0.652. The summed E-state index contributed by atoms with van der Waals surface area (Å²) < 4.78 is 1.83. The van der Waals surface area contributed by atoms with Crippen LogP contribution in [0.15, 0.2) is 60.8 Å². The maximum absolute atomic E-state index is 13.9. The first-order valence-corrected chi connectivity index (χ1v) is 16.9. The predicted molar refractivity (Wildman–Crippen MR) is 184 cm³/mol. The highest BCUT2D eigenvalue weighted by Gasteiger charge is 2.44. The van der Waals surface area contributed by atoms with E-state index in [4.69, 9.17) is 0 Å². The van der Waals surface area contributed by atoms with Crippen LogP contribution in [0.3, 0.4) is 0 Å². The monoisotopic (exact) mass is 687 g/mol. The van der Waals surface area contributed by atoms with Gasteiger partial charge in [-0.3, -0.25) is 28.8 Å². The zero-order valence-corrected chi connectivity index (χ0v) is 28.6. The van der Waals surface area contributed by atoms with Crippen LogP contribution in [-0.2, 0) is 31.0 Å². The molecular formula is C36H45N7O7. The van der Waals surface area contributed by atoms with Gasteiger partial charge in [0.1, 0.15) is 24.2 Å². The Morgan fingerprint density at radius 1 is 0.900 bits per heavy atom. The van der Waals surface area contributed by atoms with Crippen LogP contribution in [0.1, 0.15) is 62.0 Å². The van der Waals surface area contributed by atoms with Gasteiger partial charge in [0.05, 0.1) is 24.6 Å². The lowest BCUT2D eigenvalue weighted by atomic mass is 10.00. The average Bonchev–Trinajstić information content (AvgIpc) is 3.67. The highest BCUT2D eigenvalue weighted by Crippen LogP contribution is 2.24. The van der Waals surface area contributed by atoms with E-state index in [-0.39, 0.29) is 31.7 Å². The molecule has 0 aliphatic carbocycles. The third-order valence-corrected chi connectivity index (χ3v) is 9.18. The summed E-state index contributed by atoms with van der Waals surface area (Å²) >= 11 is 0. The number of amides is 6. The number of fused-ring (bicyclic) bond motifs is 2. The first-order chi connectivity index (χ1) is 23.9. The Hall–Kier alpha value is -5.24. The zero-order valence-electron chi connectivity index (χ0n) is 28.6. The van der Waals surface area contributed by atoms with Gasteiger partial charge in [0.2, 0.25) is 29.5 Å². The fraction of sp³-hybridized carbons (Fsp3) is 0.444. The van der Waals surface area contributed by atoms with E-state index in [1.54, 1.807) is 36.5 Å². The topological polar surface area (TPSA) is 191 Å². The largest absolute Gasteiger partial charge is 0.394 e. The molecule has 2 saturated heterocycles. The summed E-state index contributed by atoms with van der Waals surface area (Å²) in [5, 5.41) is 24.8. The lowest BCUT2D eigenvalue weighted by Gasteiger charge is -2.30. The SMILES string of the molecule is CC(C)C[C@@H]1NC(=O)C[C@H](c2ccccc2)NC(=O)[C@H](C)NC(=O)[C@@H]2C[C@H](NC(=O)c3cn(C)c4ccccc34)CN2C(=O)[C@@H](CO)NC1=O. The first-order valence-electron chi connectivity index (χ1n) is 16.9. The standard InChI is InChI=1S/C36H45N7O7/c1-20(2)14-27-34(48)41-28(19-44)36(50)43-17-23(38-33(47)25-18-42(4)29-13-9-8-12-24(25)29)15-30(43)35(49)37-21(3)32(46)40-26(16-31(45)39-27)22-10-6-5-7-11-22/h5-13,18,20-21,23,26-28,30,44H,14-17,19H2,1-4H3,(H,37,49)(H,38,47)(H,39,45)(H,40,46)(H,41,48)/t21-,23-,26+,27-,28+,30-/m0/s1. The van der Waals surface area contributed by atoms with Gasteiger partial charge in [0, 0.05) is 36.7 Å². The summed E-state index contributed by atoms with van der Waals surface area (Å²) in [4.78, 5) is 82.8. The summed E-state index contributed by atoms with van der Waals surface area (Å²) in [5.74, 6) is -3.56. The van der Waals surface area contributed by atoms with E-state index in [9.17, 15) is 33.9 Å². The van der Waals surface area contributed by atoms with Crippen molar-refractivity contribution in [1.82, 2.24) is 36.1 Å². The van der Waals surface area contributed by atoms with Crippen molar-refractivity contribution in [2.75, 3.05) is 13.2 Å². The van der Waals surface area contributed by atoms with Crippen LogP contribution >= 0.6 is 0 Å². The molecular weight excluding hydrogens is 642 g/mol. The van der Waals surface area contributed by atoms with Crippen molar-refractivity contribution in [2.45, 2.75) is 76.3 Å². The highest BCUT2D eigenvalue weighted by molar-refractivity contribution is 6.07. The normalized spacial score (nSPS) is 25.5. The van der Waals surface area contributed by atoms with Crippen molar-refractivity contribution >= 4 is 46.3 Å². The smallest absolute Gasteiger partial charge is 0.253 e. The molecule has 2 aliphatic rings. The van der Waals surface area contributed by atoms with E-state index in [0.717, 1.165) is 10.9 Å². The second-order valence-corrected chi connectivity index (χ2v) is 13.5. The van der Waals surface area contributed by atoms with E-state index in [1.807, 2.05) is 49.7 Å². The summed E-state index contributed by atoms with van der Waals surface area (Å²) in [7, 11) is 1.83. The van der Waals surface area contributed by atoms with Gasteiger partial charge in [-0.25, -0.2) is 0 Å². The second kappa shape index (κ2) is 15.5. The number of hydrogen-bond acceptors (Lipinski definition) is 7. The fourth-order valence-electron chi connectivity index (χ4n) is 6.63. The second-order valence-electron chi connectivity index (χ2n) is 13.5. The number of aliphatic hydroxyl groups is 1. The summed E-state index contributed by atoms with van der Waals surface area (Å²) in [6.45, 7) is 4.38. The molecule has 5 rings (SSSR count). The van der Waals surface area contributed by atoms with Crippen molar-refractivity contribution in [3.8, 4) is 0 Å². The summed E-state index contributed by atoms with van der Waals surface area (Å²) in [6.07, 6.45) is 1.77. The molecule has 0 spiro atoms. The van der Waals surface area contributed by atoms with Crippen molar-refractivity contribution in [2.24, 2.45) is 13.0 Å². The molecule has 0 unspecified atom stereocenters. The van der Waals surface area contributed by atoms with Gasteiger partial charge in [-0.1, -0.05) is 62.4 Å². The highest BCUT2D eigenvalue weighted by atomic mass is 16.3. The molecule has 2 aromatic carbocycles. The van der Waals surface area contributed by atoms with Gasteiger partial charge in [0.25, 0.3) is 5.91 Å². The van der Waals surface area contributed by atoms with E-state index < -0.39 is 78.3 Å². The van der Waals surface area contributed by atoms with E-state index >= 15 is 0 Å². The Morgan fingerprint density at radius 2 is 1.60 bits per heavy atom. The number of carbonyl (C=O) groups is 6. The molecule has 6 N–H and O–H groups in total. The van der Waals surface area contributed by atoms with Crippen LogP contribution in [0.2, 0.25) is 0 Å². The van der Waals surface area contributed by atoms with Crippen LogP contribution in [-0.4, -0.2) is 93.4 Å². The molecule has 6 amide bonds. The molecule has 0 saturated carbocycles. The van der Waals surface area contributed by atoms with Gasteiger partial charge < -0.3 is 41.2 Å². The molecule has 0 radical (unpaired) electrons. The molecule has 2 aliphatic heterocycles. The quantitative estimate of drug-likeness (QED) is 0.219. The molecule has 14 nitrogen and oxygen atoms in total. The number of aliphatic hydroxyl groups excluding tert-OH is 1. The minimum atomic E-state index is -1.44. The lowest BCUT2D eigenvalue weighted by molar-refractivity contribution is -0.143. The minimum Gasteiger partial charge on any atom is -0.394 e. The van der Waals surface area contributed by atoms with Gasteiger partial charge in [-0.2, -0.15) is 0 Å². The summed E-state index contributed by atoms with van der Waals surface area (Å²) in [5.41, 5.74) is 1.94. The Bertz CT molecular complexity index is 1760. The van der Waals surface area contributed by atoms with Gasteiger partial charge in [-0.05, 0) is 37.3 Å². The minimum absolute atomic E-state index is 0.0210. The Kier molecular flexibility index (Phi) is 11.2. The van der Waals surface area contributed by atoms with Gasteiger partial charge in [0.15, 0.2) is 0 Å². The van der Waals surface area contributed by atoms with Gasteiger partial charge >= 0.3 is 0 Å². The number of aromatic nitrogens is 1. The maximum atomic E-state index is 13.9. The molecule has 2 fully saturated rings. The molecule has 1 aromatic heterocycles. The van der Waals surface area contributed by atoms with Crippen LogP contribution in [0.5, 0.6) is 0 Å². The number of aryl methyl sites for hydroxylation is 1. The number of hydrogen-bond donors (Lipinski definition) is 6. The van der Waals surface area contributed by atoms with Crippen molar-refractivity contribution < 1.29 is 33.9 Å². The van der Waals surface area contributed by atoms with Crippen LogP contribution in [0.4, 0.5) is 0 Å². The fourth-order valence-corrected chi connectivity index (χ4v) is 6.63. The Labute approximate surface area is 290 Å². The third-order valence-electron chi connectivity index (χ3n) is 9.18.